The maximum atomic E-state index is 9.20. The Balaban J connectivity index is 0.000000758. The minimum absolute atomic E-state index is 0.366. The molecule has 0 aliphatic carbocycles. The van der Waals surface area contributed by atoms with Gasteiger partial charge in [-0.2, -0.15) is 0 Å². The molecule has 0 aliphatic heterocycles. The van der Waals surface area contributed by atoms with Crippen molar-refractivity contribution in [3.8, 4) is 5.75 Å². The molecular formula is C24H40O2. The summed E-state index contributed by atoms with van der Waals surface area (Å²) in [4.78, 5) is 0. The summed E-state index contributed by atoms with van der Waals surface area (Å²) in [7, 11) is 0. The largest absolute Gasteiger partial charge is 0.508 e. The van der Waals surface area contributed by atoms with Gasteiger partial charge in [0.2, 0.25) is 0 Å². The fraction of sp³-hybridized carbons (Fsp3) is 0.583. The second kappa shape index (κ2) is 18.3. The Bertz CT molecular complexity index is 426. The summed E-state index contributed by atoms with van der Waals surface area (Å²) in [5.74, 6) is 1.23. The number of unbranched alkanes of at least 4 members (excludes halogenated alkanes) is 6. The molecule has 0 saturated carbocycles. The van der Waals surface area contributed by atoms with Crippen LogP contribution in [0.1, 0.15) is 70.8 Å². The van der Waals surface area contributed by atoms with Crippen LogP contribution in [0.3, 0.4) is 0 Å². The zero-order chi connectivity index (χ0) is 19.5. The van der Waals surface area contributed by atoms with Crippen LogP contribution in [0.25, 0.3) is 0 Å². The molecular weight excluding hydrogens is 320 g/mol. The molecule has 1 aromatic carbocycles. The van der Waals surface area contributed by atoms with Crippen molar-refractivity contribution in [2.24, 2.45) is 5.92 Å². The second-order valence-corrected chi connectivity index (χ2v) is 7.19. The third-order valence-electron chi connectivity index (χ3n) is 4.15. The van der Waals surface area contributed by atoms with Gasteiger partial charge in [0.15, 0.2) is 0 Å². The Morgan fingerprint density at radius 1 is 0.846 bits per heavy atom. The summed E-state index contributed by atoms with van der Waals surface area (Å²) in [5.41, 5.74) is 1.34. The van der Waals surface area contributed by atoms with Gasteiger partial charge in [-0.3, -0.25) is 0 Å². The topological polar surface area (TPSA) is 29.5 Å². The van der Waals surface area contributed by atoms with Crippen molar-refractivity contribution in [2.75, 3.05) is 13.2 Å². The number of aromatic hydroxyl groups is 1. The summed E-state index contributed by atoms with van der Waals surface area (Å²) >= 11 is 0. The Morgan fingerprint density at radius 2 is 1.35 bits per heavy atom. The van der Waals surface area contributed by atoms with E-state index in [-0.39, 0.29) is 0 Å². The van der Waals surface area contributed by atoms with Crippen LogP contribution in [0.4, 0.5) is 0 Å². The van der Waals surface area contributed by atoms with Crippen molar-refractivity contribution in [3.63, 3.8) is 0 Å². The highest BCUT2D eigenvalue weighted by atomic mass is 16.5. The second-order valence-electron chi connectivity index (χ2n) is 7.19. The summed E-state index contributed by atoms with van der Waals surface area (Å²) in [6, 6.07) is 7.62. The molecule has 1 rings (SSSR count). The zero-order valence-corrected chi connectivity index (χ0v) is 17.1. The lowest BCUT2D eigenvalue weighted by Crippen LogP contribution is -1.88. The van der Waals surface area contributed by atoms with Crippen molar-refractivity contribution in [1.82, 2.24) is 0 Å². The van der Waals surface area contributed by atoms with Crippen LogP contribution in [0, 0.1) is 5.92 Å². The predicted molar refractivity (Wildman–Crippen MR) is 115 cm³/mol. The monoisotopic (exact) mass is 360 g/mol. The van der Waals surface area contributed by atoms with Crippen LogP contribution in [0.5, 0.6) is 5.75 Å². The SMILES string of the molecule is C=CCOCC=C.CC(C)CCCCCCCCCc1ccc(O)cc1. The Labute approximate surface area is 162 Å². The molecule has 26 heavy (non-hydrogen) atoms. The Hall–Kier alpha value is -1.54. The molecule has 0 atom stereocenters. The number of phenols is 1. The van der Waals surface area contributed by atoms with E-state index in [1.54, 1.807) is 24.3 Å². The minimum atomic E-state index is 0.366. The molecule has 0 fully saturated rings. The maximum absolute atomic E-state index is 9.20. The van der Waals surface area contributed by atoms with E-state index in [4.69, 9.17) is 4.74 Å². The average Bonchev–Trinajstić information content (AvgIpc) is 2.62. The van der Waals surface area contributed by atoms with Crippen molar-refractivity contribution >= 4 is 0 Å². The van der Waals surface area contributed by atoms with E-state index in [1.165, 1.54) is 56.9 Å². The van der Waals surface area contributed by atoms with Crippen molar-refractivity contribution < 1.29 is 9.84 Å². The van der Waals surface area contributed by atoms with Gasteiger partial charge in [-0.25, -0.2) is 0 Å². The van der Waals surface area contributed by atoms with Crippen LogP contribution in [0.15, 0.2) is 49.6 Å². The van der Waals surface area contributed by atoms with Crippen LogP contribution in [-0.2, 0) is 11.2 Å². The molecule has 0 saturated heterocycles. The number of hydrogen-bond donors (Lipinski definition) is 1. The van der Waals surface area contributed by atoms with Gasteiger partial charge >= 0.3 is 0 Å². The smallest absolute Gasteiger partial charge is 0.115 e. The number of aryl methyl sites for hydroxylation is 1. The lowest BCUT2D eigenvalue weighted by Gasteiger charge is -2.05. The molecule has 0 radical (unpaired) electrons. The van der Waals surface area contributed by atoms with Crippen LogP contribution >= 0.6 is 0 Å². The third kappa shape index (κ3) is 17.3. The van der Waals surface area contributed by atoms with Gasteiger partial charge < -0.3 is 9.84 Å². The van der Waals surface area contributed by atoms with Crippen LogP contribution in [0.2, 0.25) is 0 Å². The molecule has 148 valence electrons. The maximum Gasteiger partial charge on any atom is 0.115 e. The number of hydrogen-bond acceptors (Lipinski definition) is 2. The van der Waals surface area contributed by atoms with E-state index in [2.05, 4.69) is 27.0 Å². The van der Waals surface area contributed by atoms with Gasteiger partial charge in [-0.1, -0.05) is 83.1 Å². The van der Waals surface area contributed by atoms with E-state index < -0.39 is 0 Å². The molecule has 0 spiro atoms. The first-order valence-electron chi connectivity index (χ1n) is 10.2. The normalized spacial score (nSPS) is 10.3. The Kier molecular flexibility index (Phi) is 17.2. The van der Waals surface area contributed by atoms with E-state index in [1.807, 2.05) is 12.1 Å². The average molecular weight is 361 g/mol. The molecule has 2 nitrogen and oxygen atoms in total. The number of ether oxygens (including phenoxy) is 1. The molecule has 0 heterocycles. The van der Waals surface area contributed by atoms with E-state index >= 15 is 0 Å². The Morgan fingerprint density at radius 3 is 1.85 bits per heavy atom. The first kappa shape index (κ1) is 24.5. The summed E-state index contributed by atoms with van der Waals surface area (Å²) < 4.78 is 4.90. The molecule has 0 bridgehead atoms. The predicted octanol–water partition coefficient (Wildman–Crippen LogP) is 7.09. The van der Waals surface area contributed by atoms with Gasteiger partial charge in [0, 0.05) is 0 Å². The quantitative estimate of drug-likeness (QED) is 0.283. The number of rotatable bonds is 14. The first-order valence-corrected chi connectivity index (χ1v) is 10.2. The summed E-state index contributed by atoms with van der Waals surface area (Å²) in [6.07, 6.45) is 15.6. The highest BCUT2D eigenvalue weighted by molar-refractivity contribution is 5.25. The highest BCUT2D eigenvalue weighted by Crippen LogP contribution is 2.15. The lowest BCUT2D eigenvalue weighted by molar-refractivity contribution is 0.194. The fourth-order valence-corrected chi connectivity index (χ4v) is 2.66. The fourth-order valence-electron chi connectivity index (χ4n) is 2.66. The lowest BCUT2D eigenvalue weighted by atomic mass is 10.0. The van der Waals surface area contributed by atoms with Gasteiger partial charge in [0.1, 0.15) is 5.75 Å². The van der Waals surface area contributed by atoms with Gasteiger partial charge in [-0.05, 0) is 36.5 Å². The van der Waals surface area contributed by atoms with Crippen molar-refractivity contribution in [2.45, 2.75) is 71.6 Å². The van der Waals surface area contributed by atoms with E-state index in [0.29, 0.717) is 19.0 Å². The van der Waals surface area contributed by atoms with Crippen LogP contribution < -0.4 is 0 Å². The zero-order valence-electron chi connectivity index (χ0n) is 17.1. The van der Waals surface area contributed by atoms with Gasteiger partial charge in [-0.15, -0.1) is 13.2 Å². The van der Waals surface area contributed by atoms with E-state index in [0.717, 1.165) is 12.3 Å². The number of phenolic OH excluding ortho intramolecular Hbond substituents is 1. The molecule has 0 amide bonds. The standard InChI is InChI=1S/C18H30O.C6H10O/c1-16(2)10-8-6-4-3-5-7-9-11-17-12-14-18(19)15-13-17;1-3-5-7-6-4-2/h12-16,19H,3-11H2,1-2H3;3-4H,1-2,5-6H2. The van der Waals surface area contributed by atoms with Gasteiger partial charge in [0.25, 0.3) is 0 Å². The summed E-state index contributed by atoms with van der Waals surface area (Å²) in [5, 5.41) is 9.20. The van der Waals surface area contributed by atoms with Crippen LogP contribution in [-0.4, -0.2) is 18.3 Å². The minimum Gasteiger partial charge on any atom is -0.508 e. The molecule has 0 aromatic heterocycles. The molecule has 1 N–H and O–H groups in total. The third-order valence-corrected chi connectivity index (χ3v) is 4.15. The van der Waals surface area contributed by atoms with E-state index in [9.17, 15) is 5.11 Å². The highest BCUT2D eigenvalue weighted by Gasteiger charge is 1.96. The van der Waals surface area contributed by atoms with Crippen molar-refractivity contribution in [3.05, 3.63) is 55.1 Å². The van der Waals surface area contributed by atoms with Crippen molar-refractivity contribution in [1.29, 1.82) is 0 Å². The molecule has 2 heteroatoms. The first-order chi connectivity index (χ1) is 12.6. The molecule has 0 unspecified atom stereocenters. The number of benzene rings is 1. The molecule has 0 aliphatic rings. The van der Waals surface area contributed by atoms with Gasteiger partial charge in [0.05, 0.1) is 13.2 Å². The summed E-state index contributed by atoms with van der Waals surface area (Å²) in [6.45, 7) is 12.8. The molecule has 1 aromatic rings.